The quantitative estimate of drug-likeness (QED) is 0.328. The lowest BCUT2D eigenvalue weighted by molar-refractivity contribution is -0.126. The molecule has 0 spiro atoms. The second-order valence-electron chi connectivity index (χ2n) is 10.1. The summed E-state index contributed by atoms with van der Waals surface area (Å²) in [4.78, 5) is 46.8. The van der Waals surface area contributed by atoms with Gasteiger partial charge in [0, 0.05) is 50.3 Å². The number of aromatic amines is 1. The minimum Gasteiger partial charge on any atom is -0.454 e. The molecule has 1 atom stereocenters. The van der Waals surface area contributed by atoms with E-state index >= 15 is 0 Å². The van der Waals surface area contributed by atoms with E-state index in [4.69, 9.17) is 19.2 Å². The van der Waals surface area contributed by atoms with Crippen molar-refractivity contribution in [3.8, 4) is 23.1 Å². The highest BCUT2D eigenvalue weighted by Gasteiger charge is 2.37. The van der Waals surface area contributed by atoms with E-state index in [0.717, 1.165) is 16.8 Å². The highest BCUT2D eigenvalue weighted by atomic mass is 16.7. The number of fused-ring (bicyclic) bond motifs is 1. The number of anilines is 1. The molecular weight excluding hydrogens is 538 g/mol. The van der Waals surface area contributed by atoms with Gasteiger partial charge in [0.25, 0.3) is 0 Å². The first-order chi connectivity index (χ1) is 20.5. The Kier molecular flexibility index (Phi) is 7.84. The molecule has 0 bridgehead atoms. The topological polar surface area (TPSA) is 135 Å². The molecule has 0 aliphatic carbocycles. The number of ether oxygens (including phenoxy) is 3. The van der Waals surface area contributed by atoms with Crippen molar-refractivity contribution in [2.75, 3.05) is 37.9 Å². The average Bonchev–Trinajstić information content (AvgIpc) is 3.72. The molecule has 2 N–H and O–H groups in total. The number of carbonyl (C=O) groups excluding carboxylic acids is 2. The van der Waals surface area contributed by atoms with Crippen LogP contribution in [-0.4, -0.2) is 75.9 Å². The number of nitrogens with zero attached hydrogens (tertiary/aromatic N) is 5. The Hall–Kier alpha value is -5.13. The molecule has 6 rings (SSSR count). The molecule has 0 radical (unpaired) electrons. The van der Waals surface area contributed by atoms with Crippen LogP contribution in [0.1, 0.15) is 16.8 Å². The van der Waals surface area contributed by atoms with Crippen molar-refractivity contribution in [1.82, 2.24) is 30.2 Å². The molecule has 1 saturated heterocycles. The fourth-order valence-corrected chi connectivity index (χ4v) is 4.99. The average molecular weight is 570 g/mol. The minimum atomic E-state index is -0.791. The fraction of sp³-hybridized carbons (Fsp3) is 0.300. The van der Waals surface area contributed by atoms with Gasteiger partial charge in [-0.3, -0.25) is 9.69 Å². The number of carbonyl (C=O) groups is 2. The predicted octanol–water partition coefficient (Wildman–Crippen LogP) is 3.09. The van der Waals surface area contributed by atoms with Gasteiger partial charge in [-0.05, 0) is 36.6 Å². The Morgan fingerprint density at radius 3 is 2.74 bits per heavy atom. The number of hydrogen-bond acceptors (Lipinski definition) is 9. The van der Waals surface area contributed by atoms with Crippen molar-refractivity contribution < 1.29 is 23.8 Å². The third-order valence-corrected chi connectivity index (χ3v) is 7.15. The Labute approximate surface area is 242 Å². The second kappa shape index (κ2) is 12.2. The van der Waals surface area contributed by atoms with Gasteiger partial charge in [-0.25, -0.2) is 19.7 Å². The molecule has 4 heterocycles. The maximum atomic E-state index is 13.6. The number of piperazine rings is 1. The van der Waals surface area contributed by atoms with Gasteiger partial charge in [-0.15, -0.1) is 0 Å². The van der Waals surface area contributed by atoms with Crippen LogP contribution in [0.2, 0.25) is 0 Å². The summed E-state index contributed by atoms with van der Waals surface area (Å²) >= 11 is 0. The number of aryl methyl sites for hydroxylation is 1. The van der Waals surface area contributed by atoms with Gasteiger partial charge in [0.05, 0.1) is 0 Å². The third-order valence-electron chi connectivity index (χ3n) is 7.15. The lowest BCUT2D eigenvalue weighted by Gasteiger charge is -2.40. The molecule has 2 aliphatic rings. The van der Waals surface area contributed by atoms with Crippen molar-refractivity contribution >= 4 is 17.8 Å². The summed E-state index contributed by atoms with van der Waals surface area (Å²) < 4.78 is 16.5. The van der Waals surface area contributed by atoms with Crippen molar-refractivity contribution in [2.45, 2.75) is 26.0 Å². The molecule has 2 amide bonds. The molecular formula is C30H31N7O5. The van der Waals surface area contributed by atoms with E-state index in [1.165, 1.54) is 4.90 Å². The Morgan fingerprint density at radius 2 is 1.90 bits per heavy atom. The van der Waals surface area contributed by atoms with Crippen molar-refractivity contribution in [1.29, 1.82) is 0 Å². The zero-order chi connectivity index (χ0) is 28.9. The van der Waals surface area contributed by atoms with Gasteiger partial charge in [0.1, 0.15) is 18.5 Å². The van der Waals surface area contributed by atoms with Crippen LogP contribution in [0.5, 0.6) is 11.5 Å². The Morgan fingerprint density at radius 1 is 1.05 bits per heavy atom. The van der Waals surface area contributed by atoms with Crippen LogP contribution < -0.4 is 19.7 Å². The molecule has 1 unspecified atom stereocenters. The molecule has 42 heavy (non-hydrogen) atoms. The zero-order valence-corrected chi connectivity index (χ0v) is 23.2. The van der Waals surface area contributed by atoms with Crippen LogP contribution in [-0.2, 0) is 22.6 Å². The summed E-state index contributed by atoms with van der Waals surface area (Å²) in [6.45, 7) is 3.59. The predicted molar refractivity (Wildman–Crippen MR) is 153 cm³/mol. The first-order valence-electron chi connectivity index (χ1n) is 13.8. The number of hydrogen-bond donors (Lipinski definition) is 2. The SMILES string of the molecule is Cc1cc(N2CCN(C(=O)OCc3ccccc3)C(C(=O)NCCc3ccc4c(c3)OCO4)C2)nc(-c2ncc[nH]2)n1. The van der Waals surface area contributed by atoms with Crippen LogP contribution >= 0.6 is 0 Å². The summed E-state index contributed by atoms with van der Waals surface area (Å²) in [5, 5.41) is 3.01. The number of nitrogens with one attached hydrogen (secondary N) is 2. The highest BCUT2D eigenvalue weighted by Crippen LogP contribution is 2.32. The van der Waals surface area contributed by atoms with Gasteiger partial charge in [0.2, 0.25) is 12.7 Å². The molecule has 12 nitrogen and oxygen atoms in total. The molecule has 12 heteroatoms. The number of H-pyrrole nitrogens is 1. The Bertz CT molecular complexity index is 1550. The smallest absolute Gasteiger partial charge is 0.410 e. The number of aromatic nitrogens is 4. The van der Waals surface area contributed by atoms with Crippen LogP contribution in [0.3, 0.4) is 0 Å². The van der Waals surface area contributed by atoms with Gasteiger partial charge in [-0.2, -0.15) is 0 Å². The molecule has 0 saturated carbocycles. The monoisotopic (exact) mass is 569 g/mol. The largest absolute Gasteiger partial charge is 0.454 e. The van der Waals surface area contributed by atoms with Crippen molar-refractivity contribution in [3.63, 3.8) is 0 Å². The van der Waals surface area contributed by atoms with E-state index in [2.05, 4.69) is 20.3 Å². The van der Waals surface area contributed by atoms with Crippen LogP contribution in [0.4, 0.5) is 10.6 Å². The zero-order valence-electron chi connectivity index (χ0n) is 23.2. The van der Waals surface area contributed by atoms with Crippen molar-refractivity contribution in [2.24, 2.45) is 0 Å². The molecule has 2 aromatic heterocycles. The fourth-order valence-electron chi connectivity index (χ4n) is 4.99. The first kappa shape index (κ1) is 27.1. The summed E-state index contributed by atoms with van der Waals surface area (Å²) in [6, 6.07) is 16.3. The number of imidazole rings is 1. The molecule has 4 aromatic rings. The third kappa shape index (κ3) is 6.12. The van der Waals surface area contributed by atoms with Gasteiger partial charge in [0.15, 0.2) is 23.1 Å². The molecule has 216 valence electrons. The van der Waals surface area contributed by atoms with Crippen LogP contribution in [0.25, 0.3) is 11.6 Å². The highest BCUT2D eigenvalue weighted by molar-refractivity contribution is 5.86. The number of benzene rings is 2. The molecule has 1 fully saturated rings. The summed E-state index contributed by atoms with van der Waals surface area (Å²) in [7, 11) is 0. The van der Waals surface area contributed by atoms with E-state index < -0.39 is 12.1 Å². The molecule has 2 aromatic carbocycles. The first-order valence-corrected chi connectivity index (χ1v) is 13.8. The van der Waals surface area contributed by atoms with E-state index in [-0.39, 0.29) is 32.4 Å². The summed E-state index contributed by atoms with van der Waals surface area (Å²) in [5.74, 6) is 2.82. The van der Waals surface area contributed by atoms with Gasteiger partial charge < -0.3 is 29.4 Å². The lowest BCUT2D eigenvalue weighted by Crippen LogP contribution is -2.61. The summed E-state index contributed by atoms with van der Waals surface area (Å²) in [5.41, 5.74) is 2.64. The molecule has 2 aliphatic heterocycles. The second-order valence-corrected chi connectivity index (χ2v) is 10.1. The van der Waals surface area contributed by atoms with E-state index in [1.807, 2.05) is 66.4 Å². The standard InChI is InChI=1S/C30H31N7O5/c1-20-15-26(35-28(34-20)27-31-11-12-32-27)36-13-14-37(30(39)40-18-22-5-3-2-4-6-22)23(17-36)29(38)33-10-9-21-7-8-24-25(16-21)42-19-41-24/h2-8,11-12,15-16,23H,9-10,13-14,17-19H2,1H3,(H,31,32)(H,33,38). The van der Waals surface area contributed by atoms with Gasteiger partial charge >= 0.3 is 6.09 Å². The van der Waals surface area contributed by atoms with Crippen LogP contribution in [0, 0.1) is 6.92 Å². The van der Waals surface area contributed by atoms with Gasteiger partial charge in [-0.1, -0.05) is 36.4 Å². The van der Waals surface area contributed by atoms with E-state index in [0.29, 0.717) is 48.5 Å². The number of amides is 2. The van der Waals surface area contributed by atoms with Crippen molar-refractivity contribution in [3.05, 3.63) is 83.8 Å². The maximum Gasteiger partial charge on any atom is 0.410 e. The number of rotatable bonds is 8. The lowest BCUT2D eigenvalue weighted by atomic mass is 10.1. The van der Waals surface area contributed by atoms with Crippen LogP contribution in [0.15, 0.2) is 67.0 Å². The van der Waals surface area contributed by atoms with E-state index in [1.54, 1.807) is 12.4 Å². The van der Waals surface area contributed by atoms with E-state index in [9.17, 15) is 9.59 Å². The Balaban J connectivity index is 1.17. The summed E-state index contributed by atoms with van der Waals surface area (Å²) in [6.07, 6.45) is 3.41. The maximum absolute atomic E-state index is 13.6. The minimum absolute atomic E-state index is 0.121. The normalized spacial score (nSPS) is 15.9.